The van der Waals surface area contributed by atoms with Gasteiger partial charge in [0.05, 0.1) is 6.04 Å². The van der Waals surface area contributed by atoms with Gasteiger partial charge in [0.2, 0.25) is 5.16 Å². The first-order valence-corrected chi connectivity index (χ1v) is 7.98. The van der Waals surface area contributed by atoms with Crippen LogP contribution in [-0.2, 0) is 10.5 Å². The lowest BCUT2D eigenvalue weighted by atomic mass is 10.2. The third-order valence-corrected chi connectivity index (χ3v) is 4.95. The van der Waals surface area contributed by atoms with Crippen LogP contribution in [0.3, 0.4) is 0 Å². The van der Waals surface area contributed by atoms with Gasteiger partial charge in [0, 0.05) is 16.7 Å². The first kappa shape index (κ1) is 13.3. The molecular weight excluding hydrogens is 296 g/mol. The summed E-state index contributed by atoms with van der Waals surface area (Å²) >= 11 is 3.19. The number of aromatic nitrogens is 4. The van der Waals surface area contributed by atoms with Crippen LogP contribution >= 0.6 is 23.1 Å². The average Bonchev–Trinajstić information content (AvgIpc) is 3.00. The van der Waals surface area contributed by atoms with E-state index in [0.717, 1.165) is 40.3 Å². The molecule has 0 unspecified atom stereocenters. The highest BCUT2D eigenvalue weighted by atomic mass is 32.2. The monoisotopic (exact) mass is 308 g/mol. The Kier molecular flexibility index (Phi) is 3.83. The molecule has 0 aromatic carbocycles. The Morgan fingerprint density at radius 1 is 1.60 bits per heavy atom. The fourth-order valence-electron chi connectivity index (χ4n) is 1.74. The molecule has 0 atom stereocenters. The molecule has 0 bridgehead atoms. The molecule has 1 N–H and O–H groups in total. The first-order chi connectivity index (χ1) is 9.74. The van der Waals surface area contributed by atoms with Crippen LogP contribution in [-0.4, -0.2) is 31.3 Å². The molecule has 0 saturated heterocycles. The number of rotatable bonds is 6. The van der Waals surface area contributed by atoms with E-state index in [0.29, 0.717) is 6.04 Å². The van der Waals surface area contributed by atoms with Gasteiger partial charge < -0.3 is 5.11 Å². The zero-order valence-corrected chi connectivity index (χ0v) is 12.1. The van der Waals surface area contributed by atoms with E-state index in [1.165, 1.54) is 0 Å². The van der Waals surface area contributed by atoms with Crippen molar-refractivity contribution in [1.29, 1.82) is 0 Å². The summed E-state index contributed by atoms with van der Waals surface area (Å²) in [5.74, 6) is -0.197. The van der Waals surface area contributed by atoms with Crippen LogP contribution in [0.25, 0.3) is 6.08 Å². The minimum Gasteiger partial charge on any atom is -0.478 e. The normalized spacial score (nSPS) is 15.0. The van der Waals surface area contributed by atoms with Gasteiger partial charge >= 0.3 is 5.97 Å². The maximum absolute atomic E-state index is 10.6. The largest absolute Gasteiger partial charge is 0.478 e. The summed E-state index contributed by atoms with van der Waals surface area (Å²) in [5.41, 5.74) is 0.940. The van der Waals surface area contributed by atoms with E-state index in [9.17, 15) is 4.79 Å². The van der Waals surface area contributed by atoms with Crippen molar-refractivity contribution in [3.8, 4) is 0 Å². The number of nitrogens with zero attached hydrogens (tertiary/aromatic N) is 4. The van der Waals surface area contributed by atoms with Crippen molar-refractivity contribution in [2.24, 2.45) is 0 Å². The molecule has 0 aliphatic heterocycles. The molecular formula is C12H12N4O2S2. The lowest BCUT2D eigenvalue weighted by molar-refractivity contribution is -0.131. The molecule has 0 amide bonds. The van der Waals surface area contributed by atoms with Crippen molar-refractivity contribution in [1.82, 2.24) is 20.2 Å². The summed E-state index contributed by atoms with van der Waals surface area (Å²) in [6, 6.07) is 2.38. The van der Waals surface area contributed by atoms with Crippen LogP contribution in [0.5, 0.6) is 0 Å². The van der Waals surface area contributed by atoms with Crippen molar-refractivity contribution >= 4 is 35.1 Å². The maximum Gasteiger partial charge on any atom is 0.328 e. The van der Waals surface area contributed by atoms with E-state index in [4.69, 9.17) is 5.11 Å². The minimum absolute atomic E-state index is 0.460. The van der Waals surface area contributed by atoms with Crippen molar-refractivity contribution in [3.05, 3.63) is 28.0 Å². The molecule has 1 fully saturated rings. The van der Waals surface area contributed by atoms with E-state index in [-0.39, 0.29) is 0 Å². The third-order valence-electron chi connectivity index (χ3n) is 2.87. The number of aliphatic carboxylic acids is 1. The zero-order valence-electron chi connectivity index (χ0n) is 10.5. The standard InChI is InChI=1S/C12H12N4O2S2/c17-11(18)4-1-8-5-6-19-10(8)7-20-12-13-14-15-16(12)9-2-3-9/h1,4-6,9H,2-3,7H2,(H,17,18). The number of hydrogen-bond donors (Lipinski definition) is 1. The molecule has 0 spiro atoms. The summed E-state index contributed by atoms with van der Waals surface area (Å²) < 4.78 is 1.88. The quantitative estimate of drug-likeness (QED) is 0.652. The van der Waals surface area contributed by atoms with Gasteiger partial charge in [0.25, 0.3) is 0 Å². The molecule has 20 heavy (non-hydrogen) atoms. The molecule has 104 valence electrons. The van der Waals surface area contributed by atoms with Gasteiger partial charge in [-0.3, -0.25) is 0 Å². The zero-order chi connectivity index (χ0) is 13.9. The van der Waals surface area contributed by atoms with Crippen LogP contribution in [0, 0.1) is 0 Å². The van der Waals surface area contributed by atoms with Crippen LogP contribution in [0.1, 0.15) is 29.3 Å². The van der Waals surface area contributed by atoms with Gasteiger partial charge in [0.1, 0.15) is 0 Å². The van der Waals surface area contributed by atoms with Crippen molar-refractivity contribution in [3.63, 3.8) is 0 Å². The highest BCUT2D eigenvalue weighted by Gasteiger charge is 2.27. The second-order valence-corrected chi connectivity index (χ2v) is 6.34. The molecule has 0 radical (unpaired) electrons. The van der Waals surface area contributed by atoms with Crippen LogP contribution in [0.15, 0.2) is 22.7 Å². The predicted octanol–water partition coefficient (Wildman–Crippen LogP) is 2.46. The summed E-state index contributed by atoms with van der Waals surface area (Å²) in [6.45, 7) is 0. The van der Waals surface area contributed by atoms with Gasteiger partial charge in [-0.05, 0) is 46.4 Å². The smallest absolute Gasteiger partial charge is 0.328 e. The number of thiophene rings is 1. The lowest BCUT2D eigenvalue weighted by Crippen LogP contribution is -1.98. The van der Waals surface area contributed by atoms with Gasteiger partial charge in [-0.2, -0.15) is 0 Å². The summed E-state index contributed by atoms with van der Waals surface area (Å²) in [6.07, 6.45) is 5.07. The topological polar surface area (TPSA) is 80.9 Å². The van der Waals surface area contributed by atoms with Gasteiger partial charge in [0.15, 0.2) is 0 Å². The molecule has 2 aromatic rings. The van der Waals surface area contributed by atoms with E-state index in [2.05, 4.69) is 15.5 Å². The second-order valence-electron chi connectivity index (χ2n) is 4.40. The molecule has 1 aliphatic rings. The summed E-state index contributed by atoms with van der Waals surface area (Å²) in [4.78, 5) is 11.7. The summed E-state index contributed by atoms with van der Waals surface area (Å²) in [7, 11) is 0. The fourth-order valence-corrected chi connectivity index (χ4v) is 3.68. The van der Waals surface area contributed by atoms with Crippen LogP contribution < -0.4 is 0 Å². The van der Waals surface area contributed by atoms with Gasteiger partial charge in [-0.1, -0.05) is 11.8 Å². The maximum atomic E-state index is 10.6. The highest BCUT2D eigenvalue weighted by molar-refractivity contribution is 7.98. The first-order valence-electron chi connectivity index (χ1n) is 6.12. The Balaban J connectivity index is 1.67. The molecule has 8 heteroatoms. The predicted molar refractivity (Wildman–Crippen MR) is 76.6 cm³/mol. The van der Waals surface area contributed by atoms with Crippen molar-refractivity contribution in [2.45, 2.75) is 29.8 Å². The second kappa shape index (κ2) is 5.76. The molecule has 1 saturated carbocycles. The van der Waals surface area contributed by atoms with Gasteiger partial charge in [-0.25, -0.2) is 9.48 Å². The highest BCUT2D eigenvalue weighted by Crippen LogP contribution is 2.37. The Bertz CT molecular complexity index is 645. The van der Waals surface area contributed by atoms with E-state index >= 15 is 0 Å². The Labute approximate surface area is 123 Å². The number of carboxylic acids is 1. The van der Waals surface area contributed by atoms with Crippen LogP contribution in [0.2, 0.25) is 0 Å². The SMILES string of the molecule is O=C(O)C=Cc1ccsc1CSc1nnnn1C1CC1. The molecule has 3 rings (SSSR count). The third kappa shape index (κ3) is 3.07. The molecule has 6 nitrogen and oxygen atoms in total. The minimum atomic E-state index is -0.938. The number of carboxylic acid groups (broad SMARTS) is 1. The Morgan fingerprint density at radius 3 is 3.20 bits per heavy atom. The van der Waals surface area contributed by atoms with E-state index in [1.807, 2.05) is 16.1 Å². The van der Waals surface area contributed by atoms with E-state index in [1.54, 1.807) is 29.2 Å². The molecule has 1 aliphatic carbocycles. The average molecular weight is 308 g/mol. The van der Waals surface area contributed by atoms with Gasteiger partial charge in [-0.15, -0.1) is 16.4 Å². The fraction of sp³-hybridized carbons (Fsp3) is 0.333. The Morgan fingerprint density at radius 2 is 2.45 bits per heavy atom. The van der Waals surface area contributed by atoms with Crippen molar-refractivity contribution < 1.29 is 9.90 Å². The summed E-state index contributed by atoms with van der Waals surface area (Å²) in [5, 5.41) is 23.2. The molecule has 2 heterocycles. The number of thioether (sulfide) groups is 1. The number of tetrazole rings is 1. The Hall–Kier alpha value is -1.67. The van der Waals surface area contributed by atoms with E-state index < -0.39 is 5.97 Å². The number of hydrogen-bond acceptors (Lipinski definition) is 6. The van der Waals surface area contributed by atoms with Crippen molar-refractivity contribution in [2.75, 3.05) is 0 Å². The van der Waals surface area contributed by atoms with Crippen LogP contribution in [0.4, 0.5) is 0 Å². The lowest BCUT2D eigenvalue weighted by Gasteiger charge is -2.01. The molecule has 2 aromatic heterocycles. The number of carbonyl (C=O) groups is 1.